The van der Waals surface area contributed by atoms with E-state index in [0.29, 0.717) is 36.8 Å². The number of rotatable bonds is 10. The van der Waals surface area contributed by atoms with E-state index in [4.69, 9.17) is 0 Å². The average molecular weight is 402 g/mol. The van der Waals surface area contributed by atoms with E-state index in [9.17, 15) is 14.8 Å². The van der Waals surface area contributed by atoms with Gasteiger partial charge in [-0.3, -0.25) is 19.8 Å². The number of fused-ring (bicyclic) bond motifs is 1. The molecule has 0 aliphatic heterocycles. The second-order valence-electron chi connectivity index (χ2n) is 8.93. The van der Waals surface area contributed by atoms with E-state index in [1.54, 1.807) is 12.4 Å². The van der Waals surface area contributed by atoms with Crippen molar-refractivity contribution in [1.82, 2.24) is 25.3 Å². The topological polar surface area (TPSA) is 111 Å². The van der Waals surface area contributed by atoms with Gasteiger partial charge >= 0.3 is 0 Å². The molecule has 2 heterocycles. The predicted octanol–water partition coefficient (Wildman–Crippen LogP) is 2.69. The standard InChI is InChI=1S/C21H31N5O3/c1-21(2,10-19-24-17-7-8-22-11-18(17)25-19)13-23-20(28)9-16(12-26(29)14-27)15-5-3-4-6-15/h7-8,11,14-16,29H,3-6,9-10,12-13H2,1-2H3,(H,23,28)(H,24,25). The van der Waals surface area contributed by atoms with Crippen molar-refractivity contribution >= 4 is 23.4 Å². The minimum Gasteiger partial charge on any atom is -0.356 e. The Balaban J connectivity index is 1.53. The molecule has 0 bridgehead atoms. The van der Waals surface area contributed by atoms with Gasteiger partial charge in [-0.2, -0.15) is 0 Å². The van der Waals surface area contributed by atoms with Gasteiger partial charge in [0, 0.05) is 25.6 Å². The first kappa shape index (κ1) is 21.2. The Kier molecular flexibility index (Phi) is 6.84. The molecule has 1 atom stereocenters. The maximum atomic E-state index is 12.6. The number of hydroxylamine groups is 2. The van der Waals surface area contributed by atoms with Crippen LogP contribution in [0.25, 0.3) is 11.0 Å². The molecule has 3 rings (SSSR count). The molecule has 1 aliphatic carbocycles. The summed E-state index contributed by atoms with van der Waals surface area (Å²) in [5.74, 6) is 1.20. The van der Waals surface area contributed by atoms with Crippen molar-refractivity contribution in [3.8, 4) is 0 Å². The van der Waals surface area contributed by atoms with Crippen molar-refractivity contribution in [2.75, 3.05) is 13.1 Å². The minimum absolute atomic E-state index is 0.0151. The number of amides is 2. The Morgan fingerprint density at radius 2 is 2.21 bits per heavy atom. The Morgan fingerprint density at radius 3 is 2.90 bits per heavy atom. The first-order valence-corrected chi connectivity index (χ1v) is 10.3. The minimum atomic E-state index is -0.175. The fourth-order valence-electron chi connectivity index (χ4n) is 4.25. The van der Waals surface area contributed by atoms with Crippen LogP contribution in [0, 0.1) is 17.3 Å². The van der Waals surface area contributed by atoms with Crippen molar-refractivity contribution < 1.29 is 14.8 Å². The predicted molar refractivity (Wildman–Crippen MR) is 109 cm³/mol. The molecule has 0 saturated heterocycles. The molecule has 1 fully saturated rings. The van der Waals surface area contributed by atoms with E-state index in [-0.39, 0.29) is 23.8 Å². The third-order valence-electron chi connectivity index (χ3n) is 5.80. The number of nitrogens with zero attached hydrogens (tertiary/aromatic N) is 3. The van der Waals surface area contributed by atoms with E-state index in [2.05, 4.69) is 34.1 Å². The maximum Gasteiger partial charge on any atom is 0.233 e. The largest absolute Gasteiger partial charge is 0.356 e. The van der Waals surface area contributed by atoms with Crippen LogP contribution >= 0.6 is 0 Å². The van der Waals surface area contributed by atoms with Crippen LogP contribution in [-0.4, -0.2) is 50.6 Å². The second-order valence-corrected chi connectivity index (χ2v) is 8.93. The molecule has 8 heteroatoms. The first-order chi connectivity index (χ1) is 13.9. The lowest BCUT2D eigenvalue weighted by Gasteiger charge is -2.27. The number of hydrogen-bond donors (Lipinski definition) is 3. The highest BCUT2D eigenvalue weighted by atomic mass is 16.5. The second kappa shape index (κ2) is 9.35. The highest BCUT2D eigenvalue weighted by Crippen LogP contribution is 2.33. The summed E-state index contributed by atoms with van der Waals surface area (Å²) in [4.78, 5) is 35.4. The third-order valence-corrected chi connectivity index (χ3v) is 5.80. The van der Waals surface area contributed by atoms with Gasteiger partial charge < -0.3 is 10.3 Å². The van der Waals surface area contributed by atoms with E-state index in [1.807, 2.05) is 6.07 Å². The number of H-pyrrole nitrogens is 1. The van der Waals surface area contributed by atoms with E-state index < -0.39 is 0 Å². The van der Waals surface area contributed by atoms with Crippen LogP contribution in [0.15, 0.2) is 18.5 Å². The van der Waals surface area contributed by atoms with Crippen LogP contribution in [0.3, 0.4) is 0 Å². The van der Waals surface area contributed by atoms with Crippen molar-refractivity contribution in [2.24, 2.45) is 17.3 Å². The summed E-state index contributed by atoms with van der Waals surface area (Å²) in [6.07, 6.45) is 9.31. The molecule has 0 radical (unpaired) electrons. The average Bonchev–Trinajstić information content (AvgIpc) is 3.34. The zero-order valence-corrected chi connectivity index (χ0v) is 17.2. The lowest BCUT2D eigenvalue weighted by molar-refractivity contribution is -0.154. The fraction of sp³-hybridized carbons (Fsp3) is 0.619. The van der Waals surface area contributed by atoms with Gasteiger partial charge in [0.05, 0.1) is 23.8 Å². The molecule has 1 unspecified atom stereocenters. The number of aromatic amines is 1. The number of pyridine rings is 1. The van der Waals surface area contributed by atoms with E-state index in [0.717, 1.165) is 42.5 Å². The molecule has 2 aromatic rings. The van der Waals surface area contributed by atoms with Crippen molar-refractivity contribution in [1.29, 1.82) is 0 Å². The Bertz CT molecular complexity index is 796. The Hall–Kier alpha value is -2.48. The lowest BCUT2D eigenvalue weighted by atomic mass is 9.86. The molecule has 0 spiro atoms. The molecule has 3 N–H and O–H groups in total. The van der Waals surface area contributed by atoms with Crippen molar-refractivity contribution in [3.05, 3.63) is 24.3 Å². The third kappa shape index (κ3) is 6.00. The van der Waals surface area contributed by atoms with Crippen LogP contribution in [0.5, 0.6) is 0 Å². The molecule has 2 aromatic heterocycles. The highest BCUT2D eigenvalue weighted by molar-refractivity contribution is 5.76. The van der Waals surface area contributed by atoms with Crippen molar-refractivity contribution in [2.45, 2.75) is 52.4 Å². The van der Waals surface area contributed by atoms with Gasteiger partial charge in [0.1, 0.15) is 5.82 Å². The number of nitrogens with one attached hydrogen (secondary N) is 2. The van der Waals surface area contributed by atoms with Gasteiger partial charge in [-0.25, -0.2) is 10.0 Å². The molecular formula is C21H31N5O3. The normalized spacial score (nSPS) is 16.1. The number of carbonyl (C=O) groups excluding carboxylic acids is 2. The number of imidazole rings is 1. The summed E-state index contributed by atoms with van der Waals surface area (Å²) < 4.78 is 0. The quantitative estimate of drug-likeness (QED) is 0.322. The van der Waals surface area contributed by atoms with E-state index >= 15 is 0 Å². The van der Waals surface area contributed by atoms with Gasteiger partial charge in [-0.1, -0.05) is 39.5 Å². The molecule has 1 aliphatic rings. The highest BCUT2D eigenvalue weighted by Gasteiger charge is 2.29. The van der Waals surface area contributed by atoms with Crippen LogP contribution in [-0.2, 0) is 16.0 Å². The molecular weight excluding hydrogens is 370 g/mol. The van der Waals surface area contributed by atoms with Gasteiger partial charge in [0.25, 0.3) is 0 Å². The fourth-order valence-corrected chi connectivity index (χ4v) is 4.25. The molecule has 158 valence electrons. The summed E-state index contributed by atoms with van der Waals surface area (Å²) in [6, 6.07) is 1.87. The Labute approximate surface area is 171 Å². The molecule has 29 heavy (non-hydrogen) atoms. The van der Waals surface area contributed by atoms with Crippen LogP contribution in [0.2, 0.25) is 0 Å². The van der Waals surface area contributed by atoms with Gasteiger partial charge in [0.15, 0.2) is 0 Å². The lowest BCUT2D eigenvalue weighted by Crippen LogP contribution is -2.38. The van der Waals surface area contributed by atoms with Crippen LogP contribution in [0.1, 0.15) is 51.8 Å². The van der Waals surface area contributed by atoms with Crippen LogP contribution in [0.4, 0.5) is 0 Å². The zero-order valence-electron chi connectivity index (χ0n) is 17.2. The molecule has 1 saturated carbocycles. The summed E-state index contributed by atoms with van der Waals surface area (Å²) in [6.45, 7) is 4.91. The smallest absolute Gasteiger partial charge is 0.233 e. The number of aromatic nitrogens is 3. The molecule has 2 amide bonds. The summed E-state index contributed by atoms with van der Waals surface area (Å²) in [5.41, 5.74) is 1.62. The Morgan fingerprint density at radius 1 is 1.45 bits per heavy atom. The SMILES string of the molecule is CC(C)(CNC(=O)CC(CN(O)C=O)C1CCCC1)Cc1nc2ccncc2[nH]1. The molecule has 8 nitrogen and oxygen atoms in total. The summed E-state index contributed by atoms with van der Waals surface area (Å²) in [5, 5.41) is 13.3. The molecule has 0 aromatic carbocycles. The van der Waals surface area contributed by atoms with Crippen LogP contribution < -0.4 is 5.32 Å². The van der Waals surface area contributed by atoms with Gasteiger partial charge in [-0.15, -0.1) is 0 Å². The maximum absolute atomic E-state index is 12.6. The summed E-state index contributed by atoms with van der Waals surface area (Å²) >= 11 is 0. The number of hydrogen-bond acceptors (Lipinski definition) is 5. The van der Waals surface area contributed by atoms with Gasteiger partial charge in [-0.05, 0) is 23.3 Å². The number of carbonyl (C=O) groups is 2. The summed E-state index contributed by atoms with van der Waals surface area (Å²) in [7, 11) is 0. The van der Waals surface area contributed by atoms with E-state index in [1.165, 1.54) is 0 Å². The monoisotopic (exact) mass is 401 g/mol. The first-order valence-electron chi connectivity index (χ1n) is 10.3. The van der Waals surface area contributed by atoms with Crippen molar-refractivity contribution in [3.63, 3.8) is 0 Å². The zero-order chi connectivity index (χ0) is 20.9. The van der Waals surface area contributed by atoms with Gasteiger partial charge in [0.2, 0.25) is 12.3 Å².